The minimum absolute atomic E-state index is 0.0530. The minimum Gasteiger partial charge on any atom is -0.319 e. The van der Waals surface area contributed by atoms with Crippen LogP contribution in [0.1, 0.15) is 21.7 Å². The Morgan fingerprint density at radius 1 is 0.867 bits per heavy atom. The Labute approximate surface area is 184 Å². The van der Waals surface area contributed by atoms with Crippen LogP contribution in [0.15, 0.2) is 66.7 Å². The van der Waals surface area contributed by atoms with Gasteiger partial charge in [-0.25, -0.2) is 9.67 Å². The van der Waals surface area contributed by atoms with E-state index in [1.54, 1.807) is 22.9 Å². The van der Waals surface area contributed by atoms with Crippen LogP contribution in [0.4, 0.5) is 5.69 Å². The largest absolute Gasteiger partial charge is 0.319 e. The van der Waals surface area contributed by atoms with Crippen molar-refractivity contribution in [1.82, 2.24) is 14.8 Å². The molecule has 4 rings (SSSR count). The molecule has 1 amide bonds. The molecule has 5 nitrogen and oxygen atoms in total. The second-order valence-corrected chi connectivity index (χ2v) is 7.77. The molecule has 150 valence electrons. The van der Waals surface area contributed by atoms with Gasteiger partial charge in [0.2, 0.25) is 5.82 Å². The van der Waals surface area contributed by atoms with Crippen molar-refractivity contribution in [2.24, 2.45) is 0 Å². The van der Waals surface area contributed by atoms with Gasteiger partial charge in [0.05, 0.1) is 15.7 Å². The first-order valence-electron chi connectivity index (χ1n) is 9.28. The normalized spacial score (nSPS) is 10.8. The highest BCUT2D eigenvalue weighted by atomic mass is 35.5. The highest BCUT2D eigenvalue weighted by Crippen LogP contribution is 2.26. The lowest BCUT2D eigenvalue weighted by Gasteiger charge is -2.06. The predicted octanol–water partition coefficient (Wildman–Crippen LogP) is 6.11. The smallest absolute Gasteiger partial charge is 0.295 e. The molecule has 1 N–H and O–H groups in total. The van der Waals surface area contributed by atoms with Gasteiger partial charge in [0.1, 0.15) is 0 Å². The molecule has 0 atom stereocenters. The summed E-state index contributed by atoms with van der Waals surface area (Å²) in [5, 5.41) is 8.02. The van der Waals surface area contributed by atoms with Crippen molar-refractivity contribution >= 4 is 34.8 Å². The van der Waals surface area contributed by atoms with Crippen LogP contribution in [0.5, 0.6) is 0 Å². The van der Waals surface area contributed by atoms with Crippen molar-refractivity contribution in [3.8, 4) is 17.1 Å². The number of carbonyl (C=O) groups is 1. The Bertz CT molecular complexity index is 1150. The maximum Gasteiger partial charge on any atom is 0.295 e. The number of aromatic nitrogens is 3. The van der Waals surface area contributed by atoms with Crippen LogP contribution >= 0.6 is 23.2 Å². The van der Waals surface area contributed by atoms with Crippen LogP contribution in [0.25, 0.3) is 17.1 Å². The Balaban J connectivity index is 1.74. The molecular formula is C23H18Cl2N4O. The summed E-state index contributed by atoms with van der Waals surface area (Å²) in [5.74, 6) is 0.197. The number of amides is 1. The molecule has 0 bridgehead atoms. The van der Waals surface area contributed by atoms with Gasteiger partial charge in [0, 0.05) is 11.3 Å². The van der Waals surface area contributed by atoms with Crippen molar-refractivity contribution in [2.45, 2.75) is 13.8 Å². The number of rotatable bonds is 4. The summed E-state index contributed by atoms with van der Waals surface area (Å²) in [7, 11) is 0. The number of benzene rings is 3. The number of hydrogen-bond acceptors (Lipinski definition) is 3. The lowest BCUT2D eigenvalue weighted by atomic mass is 10.1. The Hall–Kier alpha value is -3.15. The molecule has 30 heavy (non-hydrogen) atoms. The van der Waals surface area contributed by atoms with Gasteiger partial charge in [-0.05, 0) is 44.2 Å². The number of nitrogens with zero attached hydrogens (tertiary/aromatic N) is 3. The summed E-state index contributed by atoms with van der Waals surface area (Å²) >= 11 is 12.0. The quantitative estimate of drug-likeness (QED) is 0.419. The molecule has 0 saturated heterocycles. The first-order valence-corrected chi connectivity index (χ1v) is 10.0. The predicted molar refractivity (Wildman–Crippen MR) is 121 cm³/mol. The molecule has 0 aliphatic rings. The highest BCUT2D eigenvalue weighted by molar-refractivity contribution is 6.42. The molecule has 0 spiro atoms. The van der Waals surface area contributed by atoms with Crippen LogP contribution in [0, 0.1) is 13.8 Å². The van der Waals surface area contributed by atoms with E-state index in [0.717, 1.165) is 22.4 Å². The fourth-order valence-corrected chi connectivity index (χ4v) is 3.22. The van der Waals surface area contributed by atoms with Crippen molar-refractivity contribution in [2.75, 3.05) is 5.32 Å². The van der Waals surface area contributed by atoms with Gasteiger partial charge in [-0.15, -0.1) is 5.10 Å². The molecular weight excluding hydrogens is 419 g/mol. The van der Waals surface area contributed by atoms with E-state index in [2.05, 4.69) is 15.4 Å². The SMILES string of the molecule is Cc1ccc(-c2nc(C(=O)Nc3ccc(Cl)c(Cl)c3)nn2-c2ccc(C)cc2)cc1. The first kappa shape index (κ1) is 20.1. The fraction of sp³-hybridized carbons (Fsp3) is 0.0870. The van der Waals surface area contributed by atoms with Crippen molar-refractivity contribution in [3.63, 3.8) is 0 Å². The van der Waals surface area contributed by atoms with E-state index in [9.17, 15) is 4.79 Å². The molecule has 7 heteroatoms. The summed E-state index contributed by atoms with van der Waals surface area (Å²) in [6, 6.07) is 20.7. The lowest BCUT2D eigenvalue weighted by molar-refractivity contribution is 0.101. The molecule has 0 saturated carbocycles. The van der Waals surface area contributed by atoms with E-state index >= 15 is 0 Å². The van der Waals surface area contributed by atoms with Gasteiger partial charge in [0.15, 0.2) is 5.82 Å². The molecule has 0 fully saturated rings. The van der Waals surface area contributed by atoms with Crippen LogP contribution in [0.2, 0.25) is 10.0 Å². The number of nitrogens with one attached hydrogen (secondary N) is 1. The second kappa shape index (κ2) is 8.30. The number of carbonyl (C=O) groups excluding carboxylic acids is 1. The van der Waals surface area contributed by atoms with Gasteiger partial charge >= 0.3 is 0 Å². The molecule has 0 radical (unpaired) electrons. The van der Waals surface area contributed by atoms with E-state index in [1.807, 2.05) is 62.4 Å². The number of halogens is 2. The maximum atomic E-state index is 12.8. The summed E-state index contributed by atoms with van der Waals surface area (Å²) < 4.78 is 1.67. The number of anilines is 1. The zero-order valence-corrected chi connectivity index (χ0v) is 17.9. The Kier molecular flexibility index (Phi) is 5.57. The Morgan fingerprint density at radius 2 is 1.50 bits per heavy atom. The molecule has 0 aliphatic carbocycles. The van der Waals surface area contributed by atoms with Crippen molar-refractivity contribution < 1.29 is 4.79 Å². The zero-order chi connectivity index (χ0) is 21.3. The van der Waals surface area contributed by atoms with Crippen LogP contribution in [-0.4, -0.2) is 20.7 Å². The Morgan fingerprint density at radius 3 is 2.13 bits per heavy atom. The molecule has 1 heterocycles. The maximum absolute atomic E-state index is 12.8. The first-order chi connectivity index (χ1) is 14.4. The van der Waals surface area contributed by atoms with Crippen LogP contribution in [0.3, 0.4) is 0 Å². The molecule has 0 aliphatic heterocycles. The number of aryl methyl sites for hydroxylation is 2. The summed E-state index contributed by atoms with van der Waals surface area (Å²) in [5.41, 5.74) is 4.46. The highest BCUT2D eigenvalue weighted by Gasteiger charge is 2.19. The average molecular weight is 437 g/mol. The summed E-state index contributed by atoms with van der Waals surface area (Å²) in [6.07, 6.45) is 0. The van der Waals surface area contributed by atoms with Crippen LogP contribution < -0.4 is 5.32 Å². The van der Waals surface area contributed by atoms with E-state index < -0.39 is 5.91 Å². The third-order valence-electron chi connectivity index (χ3n) is 4.58. The molecule has 4 aromatic rings. The van der Waals surface area contributed by atoms with Gasteiger partial charge in [0.25, 0.3) is 5.91 Å². The fourth-order valence-electron chi connectivity index (χ4n) is 2.92. The third-order valence-corrected chi connectivity index (χ3v) is 5.32. The van der Waals surface area contributed by atoms with Crippen LogP contribution in [-0.2, 0) is 0 Å². The van der Waals surface area contributed by atoms with Gasteiger partial charge in [-0.1, -0.05) is 70.7 Å². The van der Waals surface area contributed by atoms with E-state index in [1.165, 1.54) is 0 Å². The van der Waals surface area contributed by atoms with Gasteiger partial charge in [-0.2, -0.15) is 0 Å². The van der Waals surface area contributed by atoms with E-state index in [4.69, 9.17) is 23.2 Å². The lowest BCUT2D eigenvalue weighted by Crippen LogP contribution is -2.14. The summed E-state index contributed by atoms with van der Waals surface area (Å²) in [6.45, 7) is 4.03. The molecule has 1 aromatic heterocycles. The van der Waals surface area contributed by atoms with E-state index in [0.29, 0.717) is 21.6 Å². The van der Waals surface area contributed by atoms with Crippen molar-refractivity contribution in [1.29, 1.82) is 0 Å². The number of hydrogen-bond donors (Lipinski definition) is 1. The van der Waals surface area contributed by atoms with Gasteiger partial charge in [-0.3, -0.25) is 4.79 Å². The zero-order valence-electron chi connectivity index (χ0n) is 16.4. The van der Waals surface area contributed by atoms with E-state index in [-0.39, 0.29) is 5.82 Å². The topological polar surface area (TPSA) is 59.8 Å². The molecule has 0 unspecified atom stereocenters. The average Bonchev–Trinajstić information content (AvgIpc) is 3.17. The standard InChI is InChI=1S/C23H18Cl2N4O/c1-14-3-7-16(8-4-14)22-27-21(28-29(22)18-10-5-15(2)6-11-18)23(30)26-17-9-12-19(24)20(25)13-17/h3-13H,1-2H3,(H,26,30). The minimum atomic E-state index is -0.437. The molecule has 3 aromatic carbocycles. The summed E-state index contributed by atoms with van der Waals surface area (Å²) in [4.78, 5) is 17.3. The monoisotopic (exact) mass is 436 g/mol. The second-order valence-electron chi connectivity index (χ2n) is 6.96. The van der Waals surface area contributed by atoms with Gasteiger partial charge < -0.3 is 5.32 Å². The third kappa shape index (κ3) is 4.22. The van der Waals surface area contributed by atoms with Crippen molar-refractivity contribution in [3.05, 3.63) is 93.7 Å².